The Kier molecular flexibility index (Phi) is 7.14. The molecule has 1 saturated heterocycles. The van der Waals surface area contributed by atoms with E-state index in [-0.39, 0.29) is 34.9 Å². The van der Waals surface area contributed by atoms with E-state index >= 15 is 0 Å². The molecule has 30 heavy (non-hydrogen) atoms. The van der Waals surface area contributed by atoms with Gasteiger partial charge in [-0.3, -0.25) is 4.79 Å². The SMILES string of the molecule is O=C(O)c1csc(SCCN2C(=O)CCC2CNc2cc(C(F)(F)F)ccc2Cl)n1. The lowest BCUT2D eigenvalue weighted by Crippen LogP contribution is -2.39. The summed E-state index contributed by atoms with van der Waals surface area (Å²) in [5.41, 5.74) is -0.640. The molecule has 0 saturated carbocycles. The molecule has 1 aliphatic heterocycles. The lowest BCUT2D eigenvalue weighted by molar-refractivity contribution is -0.137. The molecular formula is C18H17ClF3N3O3S2. The number of amides is 1. The van der Waals surface area contributed by atoms with Crippen molar-refractivity contribution in [3.8, 4) is 0 Å². The molecule has 3 rings (SSSR count). The lowest BCUT2D eigenvalue weighted by Gasteiger charge is -2.25. The summed E-state index contributed by atoms with van der Waals surface area (Å²) in [5, 5.41) is 13.5. The minimum absolute atomic E-state index is 0.0141. The molecule has 1 amide bonds. The maximum absolute atomic E-state index is 12.9. The number of anilines is 1. The summed E-state index contributed by atoms with van der Waals surface area (Å²) in [4.78, 5) is 28.8. The number of carboxylic acid groups (broad SMARTS) is 1. The van der Waals surface area contributed by atoms with Crippen LogP contribution in [0.25, 0.3) is 0 Å². The Hall–Kier alpha value is -1.98. The molecule has 12 heteroatoms. The number of benzene rings is 1. The first-order valence-corrected chi connectivity index (χ1v) is 11.1. The van der Waals surface area contributed by atoms with Gasteiger partial charge in [0.25, 0.3) is 0 Å². The first kappa shape index (κ1) is 22.7. The van der Waals surface area contributed by atoms with Gasteiger partial charge in [-0.05, 0) is 24.6 Å². The van der Waals surface area contributed by atoms with Gasteiger partial charge in [0, 0.05) is 36.7 Å². The quantitative estimate of drug-likeness (QED) is 0.534. The van der Waals surface area contributed by atoms with E-state index in [2.05, 4.69) is 10.3 Å². The predicted molar refractivity (Wildman–Crippen MR) is 109 cm³/mol. The average molecular weight is 480 g/mol. The molecule has 1 aliphatic rings. The summed E-state index contributed by atoms with van der Waals surface area (Å²) in [6.07, 6.45) is -3.51. The summed E-state index contributed by atoms with van der Waals surface area (Å²) in [6, 6.07) is 2.90. The summed E-state index contributed by atoms with van der Waals surface area (Å²) in [6.45, 7) is 0.700. The van der Waals surface area contributed by atoms with E-state index in [1.165, 1.54) is 34.5 Å². The summed E-state index contributed by atoms with van der Waals surface area (Å²) >= 11 is 8.59. The molecule has 2 N–H and O–H groups in total. The number of aromatic carboxylic acids is 1. The molecule has 2 aromatic rings. The van der Waals surface area contributed by atoms with Crippen LogP contribution in [-0.4, -0.2) is 51.8 Å². The Morgan fingerprint density at radius 2 is 2.20 bits per heavy atom. The van der Waals surface area contributed by atoms with E-state index in [1.807, 2.05) is 0 Å². The first-order valence-electron chi connectivity index (χ1n) is 8.87. The zero-order chi connectivity index (χ0) is 21.9. The maximum atomic E-state index is 12.9. The number of aromatic nitrogens is 1. The number of nitrogens with zero attached hydrogens (tertiary/aromatic N) is 2. The number of carbonyl (C=O) groups excluding carboxylic acids is 1. The number of hydrogen-bond donors (Lipinski definition) is 2. The van der Waals surface area contributed by atoms with Crippen LogP contribution in [0.5, 0.6) is 0 Å². The van der Waals surface area contributed by atoms with Crippen molar-refractivity contribution >= 4 is 52.3 Å². The van der Waals surface area contributed by atoms with Crippen molar-refractivity contribution in [2.45, 2.75) is 29.4 Å². The predicted octanol–water partition coefficient (Wildman–Crippen LogP) is 4.71. The highest BCUT2D eigenvalue weighted by Gasteiger charge is 2.32. The number of carboxylic acids is 1. The number of likely N-dealkylation sites (tertiary alicyclic amines) is 1. The minimum atomic E-state index is -4.47. The Morgan fingerprint density at radius 3 is 2.87 bits per heavy atom. The molecule has 1 fully saturated rings. The van der Waals surface area contributed by atoms with Crippen molar-refractivity contribution in [1.29, 1.82) is 0 Å². The third-order valence-electron chi connectivity index (χ3n) is 4.53. The highest BCUT2D eigenvalue weighted by atomic mass is 35.5. The van der Waals surface area contributed by atoms with Crippen molar-refractivity contribution in [2.75, 3.05) is 24.2 Å². The van der Waals surface area contributed by atoms with Gasteiger partial charge in [0.2, 0.25) is 5.91 Å². The largest absolute Gasteiger partial charge is 0.476 e. The summed E-state index contributed by atoms with van der Waals surface area (Å²) < 4.78 is 39.4. The Balaban J connectivity index is 1.56. The molecule has 0 bridgehead atoms. The molecule has 1 atom stereocenters. The topological polar surface area (TPSA) is 82.5 Å². The summed E-state index contributed by atoms with van der Waals surface area (Å²) in [7, 11) is 0. The lowest BCUT2D eigenvalue weighted by atomic mass is 10.1. The van der Waals surface area contributed by atoms with Gasteiger partial charge in [-0.25, -0.2) is 9.78 Å². The van der Waals surface area contributed by atoms with Gasteiger partial charge in [-0.15, -0.1) is 11.3 Å². The zero-order valence-corrected chi connectivity index (χ0v) is 17.8. The van der Waals surface area contributed by atoms with Crippen LogP contribution in [0, 0.1) is 0 Å². The van der Waals surface area contributed by atoms with Crippen molar-refractivity contribution in [3.63, 3.8) is 0 Å². The Labute approximate surface area is 183 Å². The van der Waals surface area contributed by atoms with Gasteiger partial charge in [-0.1, -0.05) is 23.4 Å². The fourth-order valence-corrected chi connectivity index (χ4v) is 5.02. The number of carbonyl (C=O) groups is 2. The van der Waals surface area contributed by atoms with Crippen LogP contribution in [0.1, 0.15) is 28.9 Å². The summed E-state index contributed by atoms with van der Waals surface area (Å²) in [5.74, 6) is -0.589. The van der Waals surface area contributed by atoms with E-state index in [4.69, 9.17) is 16.7 Å². The number of hydrogen-bond acceptors (Lipinski definition) is 6. The highest BCUT2D eigenvalue weighted by Crippen LogP contribution is 2.34. The van der Waals surface area contributed by atoms with Gasteiger partial charge < -0.3 is 15.3 Å². The molecular weight excluding hydrogens is 463 g/mol. The van der Waals surface area contributed by atoms with Crippen LogP contribution in [-0.2, 0) is 11.0 Å². The number of thioether (sulfide) groups is 1. The molecule has 0 radical (unpaired) electrons. The van der Waals surface area contributed by atoms with Crippen LogP contribution >= 0.6 is 34.7 Å². The standard InChI is InChI=1S/C18H17ClF3N3O3S2/c19-12-3-1-10(18(20,21)22)7-13(12)23-8-11-2-4-15(26)25(11)5-6-29-17-24-14(9-30-17)16(27)28/h1,3,7,9,11,23H,2,4-6,8H2,(H,27,28). The van der Waals surface area contributed by atoms with Crippen molar-refractivity contribution in [1.82, 2.24) is 9.88 Å². The molecule has 0 spiro atoms. The van der Waals surface area contributed by atoms with E-state index in [0.29, 0.717) is 29.5 Å². The van der Waals surface area contributed by atoms with E-state index < -0.39 is 17.7 Å². The van der Waals surface area contributed by atoms with Crippen LogP contribution < -0.4 is 5.32 Å². The fraction of sp³-hybridized carbons (Fsp3) is 0.389. The second-order valence-corrected chi connectivity index (χ2v) is 9.11. The van der Waals surface area contributed by atoms with Crippen LogP contribution in [0.3, 0.4) is 0 Å². The maximum Gasteiger partial charge on any atom is 0.416 e. The number of nitrogens with one attached hydrogen (secondary N) is 1. The van der Waals surface area contributed by atoms with Crippen molar-refractivity contribution in [3.05, 3.63) is 39.9 Å². The third kappa shape index (κ3) is 5.58. The Bertz CT molecular complexity index is 939. The fourth-order valence-electron chi connectivity index (χ4n) is 3.03. The number of alkyl halides is 3. The van der Waals surface area contributed by atoms with Gasteiger partial charge in [0.1, 0.15) is 0 Å². The number of thiazole rings is 1. The highest BCUT2D eigenvalue weighted by molar-refractivity contribution is 8.01. The number of rotatable bonds is 8. The average Bonchev–Trinajstić information content (AvgIpc) is 3.28. The van der Waals surface area contributed by atoms with E-state index in [1.54, 1.807) is 4.90 Å². The second-order valence-electron chi connectivity index (χ2n) is 6.51. The zero-order valence-electron chi connectivity index (χ0n) is 15.4. The molecule has 1 aromatic carbocycles. The van der Waals surface area contributed by atoms with Crippen LogP contribution in [0.4, 0.5) is 18.9 Å². The Morgan fingerprint density at radius 1 is 1.43 bits per heavy atom. The minimum Gasteiger partial charge on any atom is -0.476 e. The van der Waals surface area contributed by atoms with Crippen LogP contribution in [0.2, 0.25) is 5.02 Å². The van der Waals surface area contributed by atoms with Crippen LogP contribution in [0.15, 0.2) is 27.9 Å². The van der Waals surface area contributed by atoms with Crippen molar-refractivity contribution in [2.24, 2.45) is 0 Å². The van der Waals surface area contributed by atoms with Crippen molar-refractivity contribution < 1.29 is 27.9 Å². The molecule has 2 heterocycles. The molecule has 6 nitrogen and oxygen atoms in total. The normalized spacial score (nSPS) is 16.9. The number of halogens is 4. The molecule has 1 unspecified atom stereocenters. The first-order chi connectivity index (χ1) is 14.1. The van der Waals surface area contributed by atoms with Gasteiger partial charge in [-0.2, -0.15) is 13.2 Å². The molecule has 0 aliphatic carbocycles. The monoisotopic (exact) mass is 479 g/mol. The van der Waals surface area contributed by atoms with Gasteiger partial charge in [0.15, 0.2) is 10.0 Å². The van der Waals surface area contributed by atoms with Gasteiger partial charge in [0.05, 0.1) is 16.3 Å². The second kappa shape index (κ2) is 9.44. The van der Waals surface area contributed by atoms with E-state index in [0.717, 1.165) is 12.1 Å². The smallest absolute Gasteiger partial charge is 0.416 e. The molecule has 162 valence electrons. The third-order valence-corrected chi connectivity index (χ3v) is 6.87. The molecule has 1 aromatic heterocycles. The van der Waals surface area contributed by atoms with Gasteiger partial charge >= 0.3 is 12.1 Å². The van der Waals surface area contributed by atoms with E-state index in [9.17, 15) is 22.8 Å².